The van der Waals surface area contributed by atoms with Gasteiger partial charge in [-0.25, -0.2) is 18.4 Å². The Morgan fingerprint density at radius 1 is 1.12 bits per heavy atom. The van der Waals surface area contributed by atoms with E-state index in [1.54, 1.807) is 10.4 Å². The number of piperidine rings is 1. The van der Waals surface area contributed by atoms with Crippen molar-refractivity contribution in [3.8, 4) is 6.07 Å². The summed E-state index contributed by atoms with van der Waals surface area (Å²) < 4.78 is 67.2. The second-order valence-electron chi connectivity index (χ2n) is 13.5. The number of nitriles is 1. The van der Waals surface area contributed by atoms with Crippen LogP contribution in [0.4, 0.5) is 19.0 Å². The van der Waals surface area contributed by atoms with Crippen molar-refractivity contribution in [3.63, 3.8) is 0 Å². The number of anilines is 1. The molecule has 2 aliphatic rings. The van der Waals surface area contributed by atoms with Gasteiger partial charge in [-0.2, -0.15) is 22.7 Å². The van der Waals surface area contributed by atoms with Crippen LogP contribution in [0.1, 0.15) is 54.8 Å². The molecule has 1 aromatic carbocycles. The molecule has 0 amide bonds. The number of aromatic nitrogens is 3. The van der Waals surface area contributed by atoms with Crippen LogP contribution in [0.25, 0.3) is 21.1 Å². The van der Waals surface area contributed by atoms with Gasteiger partial charge in [-0.3, -0.25) is 9.80 Å². The largest absolute Gasteiger partial charge is 0.393 e. The average molecular weight is 717 g/mol. The van der Waals surface area contributed by atoms with Crippen LogP contribution >= 0.6 is 11.3 Å². The third-order valence-corrected chi connectivity index (χ3v) is 12.5. The van der Waals surface area contributed by atoms with Gasteiger partial charge in [0.25, 0.3) is 0 Å². The minimum Gasteiger partial charge on any atom is -0.367 e. The van der Waals surface area contributed by atoms with Crippen LogP contribution < -0.4 is 5.32 Å². The van der Waals surface area contributed by atoms with Crippen molar-refractivity contribution >= 4 is 48.3 Å². The Kier molecular flexibility index (Phi) is 10.3. The number of nitrogens with one attached hydrogen (secondary N) is 1. The Hall–Kier alpha value is -3.29. The summed E-state index contributed by atoms with van der Waals surface area (Å²) >= 11 is 1.06. The van der Waals surface area contributed by atoms with Crippen molar-refractivity contribution in [1.29, 1.82) is 5.26 Å². The highest BCUT2D eigenvalue weighted by Gasteiger charge is 2.34. The van der Waals surface area contributed by atoms with Gasteiger partial charge >= 0.3 is 6.18 Å². The summed E-state index contributed by atoms with van der Waals surface area (Å²) in [6.07, 6.45) is -0.0571. The van der Waals surface area contributed by atoms with Crippen molar-refractivity contribution in [3.05, 3.63) is 52.3 Å². The lowest BCUT2D eigenvalue weighted by atomic mass is 10.0. The first-order valence-corrected chi connectivity index (χ1v) is 19.4. The highest BCUT2D eigenvalue weighted by molar-refractivity contribution is 7.88. The van der Waals surface area contributed by atoms with Crippen LogP contribution in [-0.2, 0) is 29.5 Å². The summed E-state index contributed by atoms with van der Waals surface area (Å²) in [7, 11) is -3.25. The molecule has 2 fully saturated rings. The molecule has 4 aromatic rings. The molecule has 3 aromatic heterocycles. The number of hydrogen-bond donors (Lipinski definition) is 1. The number of sulfonamides is 1. The first-order valence-electron chi connectivity index (χ1n) is 16.8. The molecule has 5 heterocycles. The van der Waals surface area contributed by atoms with E-state index in [-0.39, 0.29) is 23.0 Å². The van der Waals surface area contributed by atoms with Crippen LogP contribution in [0.15, 0.2) is 30.6 Å². The van der Waals surface area contributed by atoms with Gasteiger partial charge in [0, 0.05) is 79.7 Å². The van der Waals surface area contributed by atoms with Crippen molar-refractivity contribution in [2.75, 3.05) is 44.3 Å². The zero-order valence-corrected chi connectivity index (χ0v) is 29.9. The number of fused-ring (bicyclic) bond motifs is 2. The molecule has 2 aliphatic heterocycles. The molecular formula is C34H43F3N8O2S2. The molecule has 49 heavy (non-hydrogen) atoms. The van der Waals surface area contributed by atoms with Gasteiger partial charge in [-0.15, -0.1) is 11.3 Å². The summed E-state index contributed by atoms with van der Waals surface area (Å²) in [5, 5.41) is 15.3. The number of thiophene rings is 1. The van der Waals surface area contributed by atoms with Gasteiger partial charge in [0.05, 0.1) is 18.1 Å². The van der Waals surface area contributed by atoms with E-state index in [1.807, 2.05) is 13.0 Å². The highest BCUT2D eigenvalue weighted by Crippen LogP contribution is 2.34. The number of benzene rings is 1. The van der Waals surface area contributed by atoms with Gasteiger partial charge in [0.15, 0.2) is 0 Å². The van der Waals surface area contributed by atoms with E-state index in [9.17, 15) is 26.9 Å². The first kappa shape index (κ1) is 35.5. The monoisotopic (exact) mass is 716 g/mol. The number of nitrogens with zero attached hydrogens (tertiary/aromatic N) is 7. The van der Waals surface area contributed by atoms with E-state index in [0.29, 0.717) is 47.9 Å². The molecular weight excluding hydrogens is 674 g/mol. The Bertz CT molecular complexity index is 1960. The molecule has 1 N–H and O–H groups in total. The normalized spacial score (nSPS) is 19.8. The minimum atomic E-state index is -4.27. The molecule has 2 saturated heterocycles. The molecule has 264 valence electrons. The van der Waals surface area contributed by atoms with Gasteiger partial charge in [-0.05, 0) is 62.4 Å². The number of likely N-dealkylation sites (tertiary alicyclic amines) is 1. The predicted molar refractivity (Wildman–Crippen MR) is 187 cm³/mol. The van der Waals surface area contributed by atoms with E-state index in [1.165, 1.54) is 18.1 Å². The van der Waals surface area contributed by atoms with E-state index >= 15 is 0 Å². The molecule has 1 unspecified atom stereocenters. The minimum absolute atomic E-state index is 0.0576. The molecule has 0 radical (unpaired) electrons. The molecule has 10 nitrogen and oxygen atoms in total. The zero-order chi connectivity index (χ0) is 35.1. The van der Waals surface area contributed by atoms with Gasteiger partial charge in [0.2, 0.25) is 10.0 Å². The van der Waals surface area contributed by atoms with Crippen LogP contribution in [0.2, 0.25) is 0 Å². The number of alkyl halides is 3. The second kappa shape index (κ2) is 14.1. The molecule has 0 bridgehead atoms. The predicted octanol–water partition coefficient (Wildman–Crippen LogP) is 5.75. The van der Waals surface area contributed by atoms with E-state index in [0.717, 1.165) is 66.7 Å². The lowest BCUT2D eigenvalue weighted by molar-refractivity contribution is -0.126. The topological polar surface area (TPSA) is 110 Å². The smallest absolute Gasteiger partial charge is 0.367 e. The average Bonchev–Trinajstić information content (AvgIpc) is 3.62. The number of aryl methyl sites for hydroxylation is 1. The number of hydrogen-bond acceptors (Lipinski definition) is 9. The molecule has 15 heteroatoms. The van der Waals surface area contributed by atoms with Crippen LogP contribution in [0.5, 0.6) is 0 Å². The SMILES string of the molecule is CC[C@@H]1CN(C(C)Cn2c(C#N)cc3c(C)c(CN4CCC(Nc5ncnc6sc(CC(F)(F)F)cc56)CC4)ccc32)CCN1S(C)(=O)=O. The van der Waals surface area contributed by atoms with Crippen molar-refractivity contribution in [1.82, 2.24) is 28.6 Å². The highest BCUT2D eigenvalue weighted by atomic mass is 32.2. The third-order valence-electron chi connectivity index (χ3n) is 10.1. The number of halogens is 3. The zero-order valence-electron chi connectivity index (χ0n) is 28.3. The Morgan fingerprint density at radius 2 is 1.88 bits per heavy atom. The van der Waals surface area contributed by atoms with Crippen molar-refractivity contribution < 1.29 is 21.6 Å². The fourth-order valence-corrected chi connectivity index (χ4v) is 9.57. The number of piperazine rings is 1. The van der Waals surface area contributed by atoms with Crippen molar-refractivity contribution in [2.45, 2.75) is 83.8 Å². The van der Waals surface area contributed by atoms with Gasteiger partial charge in [0.1, 0.15) is 28.7 Å². The molecule has 0 saturated carbocycles. The van der Waals surface area contributed by atoms with Crippen LogP contribution in [0, 0.1) is 18.3 Å². The summed E-state index contributed by atoms with van der Waals surface area (Å²) in [5.41, 5.74) is 4.01. The summed E-state index contributed by atoms with van der Waals surface area (Å²) in [6, 6.07) is 10.4. The second-order valence-corrected chi connectivity index (χ2v) is 16.5. The van der Waals surface area contributed by atoms with Crippen molar-refractivity contribution in [2.24, 2.45) is 0 Å². The van der Waals surface area contributed by atoms with Gasteiger partial charge in [-0.1, -0.05) is 13.0 Å². The van der Waals surface area contributed by atoms with E-state index < -0.39 is 22.6 Å². The lowest BCUT2D eigenvalue weighted by Crippen LogP contribution is -2.57. The first-order chi connectivity index (χ1) is 23.2. The fraction of sp³-hybridized carbons (Fsp3) is 0.559. The fourth-order valence-electron chi connectivity index (χ4n) is 7.37. The molecule has 2 atom stereocenters. The molecule has 0 spiro atoms. The molecule has 0 aliphatic carbocycles. The summed E-state index contributed by atoms with van der Waals surface area (Å²) in [4.78, 5) is 14.1. The van der Waals surface area contributed by atoms with Crippen LogP contribution in [-0.4, -0.2) is 100 Å². The summed E-state index contributed by atoms with van der Waals surface area (Å²) in [5.74, 6) is 0.586. The quantitative estimate of drug-likeness (QED) is 0.221. The number of rotatable bonds is 10. The standard InChI is InChI=1S/C34H43F3N8O2S2/c1-5-26-20-43(12-13-45(26)49(4,46)47)22(2)18-44-27(17-38)14-29-23(3)24(6-7-31(29)44)19-42-10-8-25(9-11-42)41-32-30-15-28(16-34(35,36)37)48-33(30)40-21-39-32/h6-7,14-15,21-22,25-26H,5,8-13,16,18-20H2,1-4H3,(H,39,40,41)/t22?,26-/m1/s1. The maximum absolute atomic E-state index is 13.0. The van der Waals surface area contributed by atoms with E-state index in [2.05, 4.69) is 61.7 Å². The Balaban J connectivity index is 1.09. The van der Waals surface area contributed by atoms with E-state index in [4.69, 9.17) is 0 Å². The van der Waals surface area contributed by atoms with Crippen LogP contribution in [0.3, 0.4) is 0 Å². The maximum atomic E-state index is 13.0. The lowest BCUT2D eigenvalue weighted by Gasteiger charge is -2.42. The Morgan fingerprint density at radius 3 is 2.55 bits per heavy atom. The molecule has 6 rings (SSSR count). The third kappa shape index (κ3) is 7.88. The summed E-state index contributed by atoms with van der Waals surface area (Å²) in [6.45, 7) is 11.2. The Labute approximate surface area is 289 Å². The van der Waals surface area contributed by atoms with Gasteiger partial charge < -0.3 is 9.88 Å². The maximum Gasteiger partial charge on any atom is 0.393 e.